The summed E-state index contributed by atoms with van der Waals surface area (Å²) in [7, 11) is 0. The SMILES string of the molecule is CC(=O)N1N=C(c2cc(F)cc(F)c2)S[C@]12c1cc(F)ccc1CC[C@H]2CCN. The number of benzene rings is 2. The van der Waals surface area contributed by atoms with Gasteiger partial charge in [0.2, 0.25) is 5.91 Å². The van der Waals surface area contributed by atoms with Crippen molar-refractivity contribution in [1.82, 2.24) is 5.01 Å². The van der Waals surface area contributed by atoms with Crippen LogP contribution in [0.3, 0.4) is 0 Å². The number of fused-ring (bicyclic) bond motifs is 2. The Bertz CT molecular complexity index is 992. The zero-order valence-corrected chi connectivity index (χ0v) is 16.6. The molecule has 1 aliphatic heterocycles. The predicted molar refractivity (Wildman–Crippen MR) is 107 cm³/mol. The Kier molecular flexibility index (Phi) is 5.16. The first-order valence-corrected chi connectivity index (χ1v) is 10.2. The van der Waals surface area contributed by atoms with Crippen LogP contribution in [0.15, 0.2) is 41.5 Å². The maximum absolute atomic E-state index is 14.2. The van der Waals surface area contributed by atoms with E-state index in [-0.39, 0.29) is 17.4 Å². The summed E-state index contributed by atoms with van der Waals surface area (Å²) in [5, 5.41) is 6.10. The number of carbonyl (C=O) groups excluding carboxylic acids is 1. The molecular formula is C21H20F3N3OS. The van der Waals surface area contributed by atoms with Crippen LogP contribution in [0.25, 0.3) is 0 Å². The molecule has 1 aliphatic carbocycles. The molecule has 29 heavy (non-hydrogen) atoms. The first-order chi connectivity index (χ1) is 13.8. The number of aryl methyl sites for hydroxylation is 1. The highest BCUT2D eigenvalue weighted by molar-refractivity contribution is 8.15. The molecule has 1 heterocycles. The quantitative estimate of drug-likeness (QED) is 0.814. The molecule has 0 radical (unpaired) electrons. The minimum absolute atomic E-state index is 0.0876. The van der Waals surface area contributed by atoms with E-state index in [9.17, 15) is 18.0 Å². The first-order valence-electron chi connectivity index (χ1n) is 9.39. The van der Waals surface area contributed by atoms with E-state index < -0.39 is 22.3 Å². The van der Waals surface area contributed by atoms with Crippen LogP contribution in [-0.2, 0) is 16.1 Å². The van der Waals surface area contributed by atoms with Crippen molar-refractivity contribution >= 4 is 22.7 Å². The second-order valence-corrected chi connectivity index (χ2v) is 8.52. The second-order valence-electron chi connectivity index (χ2n) is 7.31. The third-order valence-electron chi connectivity index (χ3n) is 5.45. The van der Waals surface area contributed by atoms with Gasteiger partial charge in [-0.05, 0) is 67.1 Å². The van der Waals surface area contributed by atoms with Crippen LogP contribution in [-0.4, -0.2) is 22.5 Å². The zero-order valence-electron chi connectivity index (χ0n) is 15.8. The summed E-state index contributed by atoms with van der Waals surface area (Å²) in [6.45, 7) is 1.78. The molecule has 0 fully saturated rings. The van der Waals surface area contributed by atoms with Crippen LogP contribution in [0.4, 0.5) is 13.2 Å². The number of thioether (sulfide) groups is 1. The molecule has 8 heteroatoms. The fraction of sp³-hybridized carbons (Fsp3) is 0.333. The van der Waals surface area contributed by atoms with E-state index in [1.165, 1.54) is 48.0 Å². The lowest BCUT2D eigenvalue weighted by Gasteiger charge is -2.45. The number of hydrogen-bond donors (Lipinski definition) is 1. The van der Waals surface area contributed by atoms with Crippen molar-refractivity contribution in [2.45, 2.75) is 31.1 Å². The van der Waals surface area contributed by atoms with Gasteiger partial charge in [0.25, 0.3) is 0 Å². The highest BCUT2D eigenvalue weighted by Gasteiger charge is 2.55. The van der Waals surface area contributed by atoms with Crippen LogP contribution in [0.2, 0.25) is 0 Å². The lowest BCUT2D eigenvalue weighted by molar-refractivity contribution is -0.134. The van der Waals surface area contributed by atoms with Crippen molar-refractivity contribution in [1.29, 1.82) is 0 Å². The van der Waals surface area contributed by atoms with Crippen molar-refractivity contribution in [3.05, 3.63) is 70.5 Å². The monoisotopic (exact) mass is 419 g/mol. The number of nitrogens with zero attached hydrogens (tertiary/aromatic N) is 2. The highest BCUT2D eigenvalue weighted by atomic mass is 32.2. The predicted octanol–water partition coefficient (Wildman–Crippen LogP) is 4.13. The summed E-state index contributed by atoms with van der Waals surface area (Å²) >= 11 is 1.24. The van der Waals surface area contributed by atoms with Gasteiger partial charge in [-0.2, -0.15) is 5.10 Å². The molecule has 0 saturated carbocycles. The molecule has 2 aliphatic rings. The van der Waals surface area contributed by atoms with Gasteiger partial charge >= 0.3 is 0 Å². The van der Waals surface area contributed by atoms with Gasteiger partial charge in [-0.25, -0.2) is 18.2 Å². The minimum Gasteiger partial charge on any atom is -0.330 e. The fourth-order valence-electron chi connectivity index (χ4n) is 4.29. The van der Waals surface area contributed by atoms with E-state index >= 15 is 0 Å². The van der Waals surface area contributed by atoms with Gasteiger partial charge in [0.1, 0.15) is 27.4 Å². The van der Waals surface area contributed by atoms with Gasteiger partial charge in [0, 0.05) is 18.6 Å². The highest BCUT2D eigenvalue weighted by Crippen LogP contribution is 2.57. The number of hydrazone groups is 1. The summed E-state index contributed by atoms with van der Waals surface area (Å²) < 4.78 is 41.8. The van der Waals surface area contributed by atoms with Crippen LogP contribution in [0.1, 0.15) is 36.5 Å². The molecule has 4 nitrogen and oxygen atoms in total. The van der Waals surface area contributed by atoms with E-state index in [0.29, 0.717) is 23.6 Å². The summed E-state index contributed by atoms with van der Waals surface area (Å²) in [6.07, 6.45) is 2.08. The topological polar surface area (TPSA) is 58.7 Å². The molecule has 0 bridgehead atoms. The maximum Gasteiger partial charge on any atom is 0.241 e. The molecule has 0 unspecified atom stereocenters. The summed E-state index contributed by atoms with van der Waals surface area (Å²) in [4.78, 5) is 11.6. The molecule has 2 N–H and O–H groups in total. The van der Waals surface area contributed by atoms with E-state index in [1.54, 1.807) is 6.07 Å². The molecule has 1 spiro atoms. The Hall–Kier alpha value is -2.32. The van der Waals surface area contributed by atoms with Gasteiger partial charge in [0.15, 0.2) is 0 Å². The number of amides is 1. The lowest BCUT2D eigenvalue weighted by Crippen LogP contribution is -2.49. The molecule has 2 aromatic carbocycles. The fourth-order valence-corrected chi connectivity index (χ4v) is 5.90. The number of hydrogen-bond acceptors (Lipinski definition) is 4. The van der Waals surface area contributed by atoms with Crippen LogP contribution < -0.4 is 5.73 Å². The van der Waals surface area contributed by atoms with Gasteiger partial charge in [0.05, 0.1) is 0 Å². The van der Waals surface area contributed by atoms with Crippen molar-refractivity contribution < 1.29 is 18.0 Å². The number of carbonyl (C=O) groups is 1. The number of nitrogens with two attached hydrogens (primary N) is 1. The van der Waals surface area contributed by atoms with Crippen molar-refractivity contribution in [3.63, 3.8) is 0 Å². The second kappa shape index (κ2) is 7.50. The minimum atomic E-state index is -1.00. The summed E-state index contributed by atoms with van der Waals surface area (Å²) in [6, 6.07) is 7.70. The Morgan fingerprint density at radius 3 is 2.59 bits per heavy atom. The lowest BCUT2D eigenvalue weighted by atomic mass is 9.77. The molecule has 152 valence electrons. The van der Waals surface area contributed by atoms with Gasteiger partial charge < -0.3 is 5.73 Å². The molecule has 0 saturated heterocycles. The smallest absolute Gasteiger partial charge is 0.241 e. The number of rotatable bonds is 3. The van der Waals surface area contributed by atoms with Gasteiger partial charge in [-0.15, -0.1) is 0 Å². The summed E-state index contributed by atoms with van der Waals surface area (Å²) in [5.41, 5.74) is 7.68. The maximum atomic E-state index is 14.2. The Balaban J connectivity index is 1.90. The Morgan fingerprint density at radius 1 is 1.21 bits per heavy atom. The van der Waals surface area contributed by atoms with Crippen molar-refractivity contribution in [3.8, 4) is 0 Å². The zero-order chi connectivity index (χ0) is 20.8. The first kappa shape index (κ1) is 20.0. The Morgan fingerprint density at radius 2 is 1.93 bits per heavy atom. The van der Waals surface area contributed by atoms with E-state index in [2.05, 4.69) is 5.10 Å². The molecule has 2 aromatic rings. The normalized spacial score (nSPS) is 23.3. The summed E-state index contributed by atoms with van der Waals surface area (Å²) in [5.74, 6) is -2.29. The molecule has 2 atom stereocenters. The van der Waals surface area contributed by atoms with E-state index in [4.69, 9.17) is 5.73 Å². The number of halogens is 3. The van der Waals surface area contributed by atoms with Crippen LogP contribution in [0, 0.1) is 23.4 Å². The molecule has 1 amide bonds. The molecule has 0 aromatic heterocycles. The Labute approximate surface area is 171 Å². The average Bonchev–Trinajstić information content (AvgIpc) is 3.06. The van der Waals surface area contributed by atoms with Gasteiger partial charge in [-0.3, -0.25) is 4.79 Å². The third-order valence-corrected chi connectivity index (χ3v) is 7.00. The largest absolute Gasteiger partial charge is 0.330 e. The van der Waals surface area contributed by atoms with Crippen molar-refractivity contribution in [2.24, 2.45) is 16.8 Å². The van der Waals surface area contributed by atoms with E-state index in [0.717, 1.165) is 24.5 Å². The molecular weight excluding hydrogens is 399 g/mol. The average molecular weight is 419 g/mol. The standard InChI is InChI=1S/C21H20F3N3OS/c1-12(28)27-21(29-20(26-27)14-8-17(23)10-18(24)9-14)15(6-7-25)4-2-13-3-5-16(22)11-19(13)21/h3,5,8-11,15H,2,4,6-7,25H2,1H3/t15-,21+/m0/s1. The molecule has 4 rings (SSSR count). The van der Waals surface area contributed by atoms with Gasteiger partial charge in [-0.1, -0.05) is 17.8 Å². The third kappa shape index (κ3) is 3.34. The van der Waals surface area contributed by atoms with Crippen molar-refractivity contribution in [2.75, 3.05) is 6.54 Å². The van der Waals surface area contributed by atoms with E-state index in [1.807, 2.05) is 0 Å². The van der Waals surface area contributed by atoms with Crippen LogP contribution in [0.5, 0.6) is 0 Å². The van der Waals surface area contributed by atoms with Crippen LogP contribution >= 0.6 is 11.8 Å².